The third-order valence-electron chi connectivity index (χ3n) is 8.18. The Labute approximate surface area is 231 Å². The molecule has 0 spiro atoms. The van der Waals surface area contributed by atoms with Gasteiger partial charge in [0.25, 0.3) is 0 Å². The van der Waals surface area contributed by atoms with E-state index in [0.29, 0.717) is 0 Å². The summed E-state index contributed by atoms with van der Waals surface area (Å²) in [5, 5.41) is 1.05. The molecule has 0 radical (unpaired) electrons. The van der Waals surface area contributed by atoms with E-state index in [1.807, 2.05) is 42.5 Å². The van der Waals surface area contributed by atoms with Crippen molar-refractivity contribution in [3.05, 3.63) is 121 Å². The van der Waals surface area contributed by atoms with Crippen LogP contribution in [0.15, 0.2) is 126 Å². The normalized spacial score (nSPS) is 12.4. The van der Waals surface area contributed by atoms with Crippen LogP contribution in [0.4, 0.5) is 0 Å². The topological polar surface area (TPSA) is 57.6 Å². The maximum atomic E-state index is 6.48. The van der Waals surface area contributed by atoms with Gasteiger partial charge in [-0.15, -0.1) is 0 Å². The van der Waals surface area contributed by atoms with E-state index < -0.39 is 0 Å². The molecule has 7 nitrogen and oxygen atoms in total. The average molecular weight is 529 g/mol. The van der Waals surface area contributed by atoms with Gasteiger partial charge in [0.15, 0.2) is 0 Å². The van der Waals surface area contributed by atoms with Gasteiger partial charge in [-0.1, -0.05) is 54.6 Å². The highest BCUT2D eigenvalue weighted by atomic mass is 16.3. The summed E-state index contributed by atoms with van der Waals surface area (Å²) in [5.41, 5.74) is 10.8. The number of aromatic nitrogens is 6. The van der Waals surface area contributed by atoms with Crippen LogP contribution in [0.25, 0.3) is 78.2 Å². The van der Waals surface area contributed by atoms with Crippen LogP contribution in [0.5, 0.6) is 0 Å². The molecule has 0 saturated carbocycles. The van der Waals surface area contributed by atoms with E-state index >= 15 is 0 Å². The minimum atomic E-state index is 0.787. The van der Waals surface area contributed by atoms with Crippen LogP contribution in [-0.4, -0.2) is 27.9 Å². The van der Waals surface area contributed by atoms with Crippen LogP contribution in [0.2, 0.25) is 0 Å². The molecule has 7 heteroatoms. The molecule has 0 amide bonds. The number of hydrogen-bond donors (Lipinski definition) is 0. The lowest BCUT2D eigenvalue weighted by Crippen LogP contribution is -1.97. The maximum absolute atomic E-state index is 6.48. The van der Waals surface area contributed by atoms with E-state index in [4.69, 9.17) is 14.4 Å². The largest absolute Gasteiger partial charge is 0.437 e. The average Bonchev–Trinajstić information content (AvgIpc) is 3.80. The van der Waals surface area contributed by atoms with Gasteiger partial charge in [0.1, 0.15) is 11.1 Å². The molecule has 0 N–H and O–H groups in total. The molecule has 0 aliphatic rings. The van der Waals surface area contributed by atoms with E-state index in [1.54, 1.807) is 0 Å². The molecule has 5 aromatic carbocycles. The lowest BCUT2D eigenvalue weighted by molar-refractivity contribution is 0.651. The molecule has 0 aliphatic heterocycles. The van der Waals surface area contributed by atoms with Crippen LogP contribution in [0.3, 0.4) is 0 Å². The second kappa shape index (κ2) is 7.43. The fraction of sp³-hybridized carbons (Fsp3) is 0. The van der Waals surface area contributed by atoms with Crippen molar-refractivity contribution in [3.63, 3.8) is 0 Å². The van der Waals surface area contributed by atoms with Gasteiger partial charge in [0, 0.05) is 11.1 Å². The summed E-state index contributed by atoms with van der Waals surface area (Å²) in [7, 11) is 0. The van der Waals surface area contributed by atoms with Gasteiger partial charge >= 0.3 is 0 Å². The number of furan rings is 1. The summed E-state index contributed by atoms with van der Waals surface area (Å²) in [6.07, 6.45) is 0. The Morgan fingerprint density at radius 3 is 1.95 bits per heavy atom. The zero-order chi connectivity index (χ0) is 26.7. The predicted molar refractivity (Wildman–Crippen MR) is 162 cm³/mol. The molecule has 10 rings (SSSR count). The maximum Gasteiger partial charge on any atom is 0.232 e. The fourth-order valence-corrected chi connectivity index (χ4v) is 6.45. The molecule has 0 unspecified atom stereocenters. The monoisotopic (exact) mass is 528 g/mol. The number of nitrogens with zero attached hydrogens (tertiary/aromatic N) is 6. The fourth-order valence-electron chi connectivity index (χ4n) is 6.45. The third-order valence-corrected chi connectivity index (χ3v) is 8.18. The zero-order valence-electron chi connectivity index (χ0n) is 21.6. The van der Waals surface area contributed by atoms with Crippen molar-refractivity contribution in [2.45, 2.75) is 0 Å². The minimum absolute atomic E-state index is 0.787. The number of fused-ring (bicyclic) bond motifs is 12. The zero-order valence-corrected chi connectivity index (χ0v) is 21.6. The summed E-state index contributed by atoms with van der Waals surface area (Å²) in [6.45, 7) is 0. The SMILES string of the molecule is c1ccc(-n2c3ccc(-n4c5c6ccccc6oc5n5c6ccccc6nc45)cc3n3c4ccccc4nc23)cc1. The quantitative estimate of drug-likeness (QED) is 0.229. The van der Waals surface area contributed by atoms with Crippen molar-refractivity contribution < 1.29 is 4.42 Å². The Bertz CT molecular complexity index is 2640. The van der Waals surface area contributed by atoms with Crippen LogP contribution in [0.1, 0.15) is 0 Å². The van der Waals surface area contributed by atoms with Crippen molar-refractivity contribution in [3.8, 4) is 11.4 Å². The van der Waals surface area contributed by atoms with E-state index in [-0.39, 0.29) is 0 Å². The van der Waals surface area contributed by atoms with Gasteiger partial charge in [-0.05, 0) is 66.7 Å². The summed E-state index contributed by atoms with van der Waals surface area (Å²) in [6, 6.07) is 41.7. The second-order valence-corrected chi connectivity index (χ2v) is 10.4. The highest BCUT2D eigenvalue weighted by Crippen LogP contribution is 2.37. The van der Waals surface area contributed by atoms with Gasteiger partial charge in [-0.25, -0.2) is 14.4 Å². The van der Waals surface area contributed by atoms with E-state index in [0.717, 1.165) is 78.2 Å². The number of rotatable bonds is 2. The molecule has 5 aromatic heterocycles. The summed E-state index contributed by atoms with van der Waals surface area (Å²) >= 11 is 0. The van der Waals surface area contributed by atoms with E-state index in [1.165, 1.54) is 0 Å². The number of hydrogen-bond acceptors (Lipinski definition) is 3. The van der Waals surface area contributed by atoms with Crippen LogP contribution in [-0.2, 0) is 0 Å². The highest BCUT2D eigenvalue weighted by Gasteiger charge is 2.24. The van der Waals surface area contributed by atoms with Crippen LogP contribution < -0.4 is 0 Å². The molecule has 41 heavy (non-hydrogen) atoms. The van der Waals surface area contributed by atoms with Crippen molar-refractivity contribution in [1.29, 1.82) is 0 Å². The summed E-state index contributed by atoms with van der Waals surface area (Å²) in [4.78, 5) is 10.2. The van der Waals surface area contributed by atoms with Gasteiger partial charge in [-0.3, -0.25) is 13.5 Å². The van der Waals surface area contributed by atoms with Gasteiger partial charge < -0.3 is 4.42 Å². The number of imidazole rings is 4. The van der Waals surface area contributed by atoms with E-state index in [2.05, 4.69) is 96.8 Å². The number of benzene rings is 5. The predicted octanol–water partition coefficient (Wildman–Crippen LogP) is 7.92. The summed E-state index contributed by atoms with van der Waals surface area (Å²) in [5.74, 6) is 1.70. The van der Waals surface area contributed by atoms with Crippen molar-refractivity contribution in [2.24, 2.45) is 0 Å². The molecule has 0 bridgehead atoms. The molecule has 0 aliphatic carbocycles. The minimum Gasteiger partial charge on any atom is -0.437 e. The molecule has 0 atom stereocenters. The van der Waals surface area contributed by atoms with Crippen LogP contribution in [0, 0.1) is 0 Å². The van der Waals surface area contributed by atoms with E-state index in [9.17, 15) is 0 Å². The Morgan fingerprint density at radius 2 is 1.15 bits per heavy atom. The standard InChI is InChI=1S/C34H20N6O/c1-2-10-21(11-3-1)37-28-19-18-22(20-29(28)39-26-15-7-5-13-24(26)35-33(37)39)38-31-23-12-4-9-17-30(23)41-32(31)40-27-16-8-6-14-25(27)36-34(38)40/h1-20H. The molecular weight excluding hydrogens is 508 g/mol. The third kappa shape index (κ3) is 2.62. The molecule has 5 heterocycles. The van der Waals surface area contributed by atoms with Crippen molar-refractivity contribution >= 4 is 66.9 Å². The second-order valence-electron chi connectivity index (χ2n) is 10.4. The van der Waals surface area contributed by atoms with Crippen molar-refractivity contribution in [2.75, 3.05) is 0 Å². The Kier molecular flexibility index (Phi) is 3.81. The van der Waals surface area contributed by atoms with Gasteiger partial charge in [0.2, 0.25) is 17.3 Å². The summed E-state index contributed by atoms with van der Waals surface area (Å²) < 4.78 is 15.3. The molecule has 192 valence electrons. The van der Waals surface area contributed by atoms with Gasteiger partial charge in [-0.2, -0.15) is 0 Å². The Morgan fingerprint density at radius 1 is 0.488 bits per heavy atom. The number of para-hydroxylation sites is 6. The highest BCUT2D eigenvalue weighted by molar-refractivity contribution is 6.06. The Balaban J connectivity index is 1.38. The first-order valence-corrected chi connectivity index (χ1v) is 13.6. The first-order valence-electron chi connectivity index (χ1n) is 13.6. The smallest absolute Gasteiger partial charge is 0.232 e. The first kappa shape index (κ1) is 21.1. The van der Waals surface area contributed by atoms with Crippen LogP contribution >= 0.6 is 0 Å². The Hall–Kier alpha value is -5.82. The molecular formula is C34H20N6O. The molecule has 0 fully saturated rings. The molecule has 10 aromatic rings. The lowest BCUT2D eigenvalue weighted by atomic mass is 10.2. The lowest BCUT2D eigenvalue weighted by Gasteiger charge is -2.08. The first-order chi connectivity index (χ1) is 20.3. The molecule has 0 saturated heterocycles. The van der Waals surface area contributed by atoms with Crippen molar-refractivity contribution in [1.82, 2.24) is 27.9 Å². The van der Waals surface area contributed by atoms with Gasteiger partial charge in [0.05, 0.1) is 38.8 Å².